The van der Waals surface area contributed by atoms with Crippen molar-refractivity contribution >= 4 is 70.2 Å². The van der Waals surface area contributed by atoms with Crippen LogP contribution < -0.4 is 0 Å². The molecule has 0 aromatic rings. The van der Waals surface area contributed by atoms with E-state index in [0.717, 1.165) is 25.7 Å². The Labute approximate surface area is 389 Å². The zero-order valence-electron chi connectivity index (χ0n) is 37.0. The molecule has 18 nitrogen and oxygen atoms in total. The molecule has 67 heavy (non-hydrogen) atoms. The van der Waals surface area contributed by atoms with Gasteiger partial charge in [-0.05, 0) is 87.6 Å². The number of ether oxygens (including phenoxy) is 7. The zero-order chi connectivity index (χ0) is 47.7. The number of carbonyl (C=O) groups is 10. The first-order valence-electron chi connectivity index (χ1n) is 23.4. The summed E-state index contributed by atoms with van der Waals surface area (Å²) in [7, 11) is 0. The highest BCUT2D eigenvalue weighted by molar-refractivity contribution is 6.64. The summed E-state index contributed by atoms with van der Waals surface area (Å²) < 4.78 is 37.4. The number of esters is 7. The fourth-order valence-corrected chi connectivity index (χ4v) is 15.3. The van der Waals surface area contributed by atoms with Gasteiger partial charge in [0.05, 0.1) is 29.8 Å². The van der Waals surface area contributed by atoms with E-state index in [0.29, 0.717) is 49.2 Å². The van der Waals surface area contributed by atoms with Gasteiger partial charge in [0.15, 0.2) is 13.2 Å². The second kappa shape index (κ2) is 16.9. The molecule has 0 radical (unpaired) electrons. The summed E-state index contributed by atoms with van der Waals surface area (Å²) in [5.41, 5.74) is 0.409. The monoisotopic (exact) mass is 952 g/mol. The Kier molecular flexibility index (Phi) is 11.6. The molecular formula is C48H53ClO18. The lowest BCUT2D eigenvalue weighted by Gasteiger charge is -2.33. The first-order chi connectivity index (χ1) is 31.8. The predicted octanol–water partition coefficient (Wildman–Crippen LogP) is 2.16. The number of ketones is 2. The van der Waals surface area contributed by atoms with E-state index in [4.69, 9.17) is 40.0 Å². The van der Waals surface area contributed by atoms with E-state index >= 15 is 0 Å². The maximum absolute atomic E-state index is 13.3. The molecule has 19 heteroatoms. The highest BCUT2D eigenvalue weighted by Gasteiger charge is 2.72. The number of hydrogen-bond donors (Lipinski definition) is 1. The van der Waals surface area contributed by atoms with Gasteiger partial charge in [0.1, 0.15) is 42.1 Å². The highest BCUT2D eigenvalue weighted by Crippen LogP contribution is 2.63. The first kappa shape index (κ1) is 45.8. The Hall–Kier alpha value is -4.97. The lowest BCUT2D eigenvalue weighted by molar-refractivity contribution is -0.174. The standard InChI is InChI=1S/C24H26O9.C18H20O6.C6H7ClO3/c1-8(2)22(27)30-7-16(26)31-20-13-5-14-18(24(29)33-21(14)20)17(13)23(28)32-19-9-3-10-11(4-9)15(25)6-12(10)19;19-11-4-8-6-1-5(2-7(6)11)15(8)23-17(21)12-9-3-10-13(12)18(22)24-16(10)14(9)20;1-4(2)6(9)10-3-5(7)8/h9-14,17-21H,1,3-7H2,2H3;5-10,12-16,20H,1-4H2;1,3H2,2H3. The molecule has 0 aromatic carbocycles. The smallest absolute Gasteiger partial charge is 0.344 e. The molecule has 12 aliphatic rings. The number of hydrogen-bond acceptors (Lipinski definition) is 18. The van der Waals surface area contributed by atoms with Crippen LogP contribution in [0.15, 0.2) is 24.3 Å². The zero-order valence-corrected chi connectivity index (χ0v) is 37.7. The molecular weight excluding hydrogens is 900 g/mol. The molecule has 22 atom stereocenters. The minimum Gasteiger partial charge on any atom is -0.462 e. The molecule has 10 aliphatic carbocycles. The van der Waals surface area contributed by atoms with E-state index in [-0.39, 0.29) is 94.3 Å². The van der Waals surface area contributed by atoms with Crippen LogP contribution in [-0.2, 0) is 81.1 Å². The number of aliphatic hydroxyl groups excluding tert-OH is 1. The molecule has 10 saturated carbocycles. The Bertz CT molecular complexity index is 2270. The summed E-state index contributed by atoms with van der Waals surface area (Å²) in [4.78, 5) is 120. The van der Waals surface area contributed by atoms with Gasteiger partial charge in [0, 0.05) is 71.3 Å². The number of carbonyl (C=O) groups excluding carboxylic acids is 10. The number of fused-ring (bicyclic) bond motifs is 4. The van der Waals surface area contributed by atoms with Crippen LogP contribution in [0.25, 0.3) is 0 Å². The lowest BCUT2D eigenvalue weighted by Crippen LogP contribution is -2.45. The van der Waals surface area contributed by atoms with Gasteiger partial charge in [0.25, 0.3) is 5.24 Å². The minimum absolute atomic E-state index is 0.0347. The van der Waals surface area contributed by atoms with Crippen molar-refractivity contribution < 1.29 is 86.2 Å². The van der Waals surface area contributed by atoms with Gasteiger partial charge in [-0.3, -0.25) is 33.6 Å². The van der Waals surface area contributed by atoms with Gasteiger partial charge in [-0.15, -0.1) is 0 Å². The normalized spacial score (nSPS) is 44.6. The summed E-state index contributed by atoms with van der Waals surface area (Å²) in [5, 5.41) is 9.62. The van der Waals surface area contributed by atoms with Gasteiger partial charge >= 0.3 is 41.8 Å². The van der Waals surface area contributed by atoms with Crippen LogP contribution in [0.4, 0.5) is 0 Å². The number of rotatable bonds is 11. The fraction of sp³-hybridized carbons (Fsp3) is 0.708. The van der Waals surface area contributed by atoms with E-state index in [9.17, 15) is 53.1 Å². The summed E-state index contributed by atoms with van der Waals surface area (Å²) in [6.07, 6.45) is 2.78. The highest BCUT2D eigenvalue weighted by atomic mass is 35.5. The molecule has 2 heterocycles. The third kappa shape index (κ3) is 7.44. The van der Waals surface area contributed by atoms with Crippen molar-refractivity contribution in [2.75, 3.05) is 13.2 Å². The summed E-state index contributed by atoms with van der Waals surface area (Å²) in [6, 6.07) is 0. The summed E-state index contributed by atoms with van der Waals surface area (Å²) in [5.74, 6) is -4.41. The molecule has 0 spiro atoms. The van der Waals surface area contributed by atoms with Crippen molar-refractivity contribution in [3.8, 4) is 0 Å². The Morgan fingerprint density at radius 2 is 1.04 bits per heavy atom. The Morgan fingerprint density at radius 1 is 0.582 bits per heavy atom. The van der Waals surface area contributed by atoms with E-state index in [1.165, 1.54) is 13.8 Å². The predicted molar refractivity (Wildman–Crippen MR) is 221 cm³/mol. The van der Waals surface area contributed by atoms with Gasteiger partial charge < -0.3 is 38.3 Å². The van der Waals surface area contributed by atoms with Crippen LogP contribution in [-0.4, -0.2) is 114 Å². The fourth-order valence-electron chi connectivity index (χ4n) is 15.2. The maximum atomic E-state index is 13.3. The molecule has 12 rings (SSSR count). The van der Waals surface area contributed by atoms with Gasteiger partial charge in [0.2, 0.25) is 0 Å². The quantitative estimate of drug-likeness (QED) is 0.135. The molecule has 2 saturated heterocycles. The molecule has 360 valence electrons. The van der Waals surface area contributed by atoms with Crippen LogP contribution in [0.3, 0.4) is 0 Å². The first-order valence-corrected chi connectivity index (χ1v) is 23.8. The summed E-state index contributed by atoms with van der Waals surface area (Å²) in [6.45, 7) is 8.74. The Balaban J connectivity index is 0.000000135. The average molecular weight is 953 g/mol. The second-order valence-electron chi connectivity index (χ2n) is 21.0. The number of aliphatic hydroxyl groups is 1. The van der Waals surface area contributed by atoms with E-state index in [1.807, 2.05) is 0 Å². The van der Waals surface area contributed by atoms with E-state index in [1.54, 1.807) is 0 Å². The molecule has 0 amide bonds. The van der Waals surface area contributed by atoms with Gasteiger partial charge in [-0.2, -0.15) is 0 Å². The molecule has 12 fully saturated rings. The van der Waals surface area contributed by atoms with Gasteiger partial charge in [-0.1, -0.05) is 13.2 Å². The molecule has 22 unspecified atom stereocenters. The van der Waals surface area contributed by atoms with Crippen LogP contribution in [0, 0.1) is 94.7 Å². The van der Waals surface area contributed by atoms with Crippen LogP contribution in [0.5, 0.6) is 0 Å². The van der Waals surface area contributed by atoms with E-state index < -0.39 is 96.4 Å². The topological polar surface area (TPSA) is 256 Å². The van der Waals surface area contributed by atoms with E-state index in [2.05, 4.69) is 17.9 Å². The minimum atomic E-state index is -0.774. The molecule has 1 N–H and O–H groups in total. The largest absolute Gasteiger partial charge is 0.462 e. The van der Waals surface area contributed by atoms with Crippen molar-refractivity contribution in [1.82, 2.24) is 0 Å². The van der Waals surface area contributed by atoms with Crippen LogP contribution >= 0.6 is 11.6 Å². The van der Waals surface area contributed by atoms with Crippen LogP contribution in [0.2, 0.25) is 0 Å². The van der Waals surface area contributed by atoms with Crippen molar-refractivity contribution in [2.45, 2.75) is 102 Å². The van der Waals surface area contributed by atoms with Crippen molar-refractivity contribution in [1.29, 1.82) is 0 Å². The number of Topliss-reactive ketones (excluding diaryl/α,β-unsaturated/α-hetero) is 2. The molecule has 0 aromatic heterocycles. The molecule has 2 aliphatic heterocycles. The van der Waals surface area contributed by atoms with Crippen LogP contribution in [0.1, 0.15) is 65.2 Å². The third-order valence-corrected chi connectivity index (χ3v) is 17.8. The lowest BCUT2D eigenvalue weighted by atomic mass is 9.78. The van der Waals surface area contributed by atoms with Crippen molar-refractivity contribution in [3.05, 3.63) is 24.3 Å². The SMILES string of the molecule is C=C(C)C(=O)OCC(=O)Cl.C=C(C)C(=O)OCC(=O)OC1C2CC3C1OC(=O)C3C2C(=O)OC1C2CC3C(=O)CC1C3C2.O=C1CC2C3CC(CC13)C2OC(=O)C1C2CC3C(OC(=O)C31)C2O. The van der Waals surface area contributed by atoms with Crippen molar-refractivity contribution in [3.63, 3.8) is 0 Å². The third-order valence-electron chi connectivity index (χ3n) is 17.6. The number of halogens is 1. The Morgan fingerprint density at radius 3 is 1.55 bits per heavy atom. The average Bonchev–Trinajstić information content (AvgIpc) is 4.14. The molecule has 8 bridgehead atoms. The van der Waals surface area contributed by atoms with Crippen molar-refractivity contribution in [2.24, 2.45) is 94.7 Å². The summed E-state index contributed by atoms with van der Waals surface area (Å²) >= 11 is 4.88. The second-order valence-corrected chi connectivity index (χ2v) is 21.4. The maximum Gasteiger partial charge on any atom is 0.344 e. The van der Waals surface area contributed by atoms with Gasteiger partial charge in [-0.25, -0.2) is 14.4 Å².